The lowest BCUT2D eigenvalue weighted by molar-refractivity contribution is -0.155. The highest BCUT2D eigenvalue weighted by Crippen LogP contribution is 2.46. The number of amides is 2. The van der Waals surface area contributed by atoms with Crippen molar-refractivity contribution in [3.63, 3.8) is 0 Å². The first kappa shape index (κ1) is 27.0. The van der Waals surface area contributed by atoms with Crippen molar-refractivity contribution in [2.24, 2.45) is 11.3 Å². The minimum atomic E-state index is -1.09. The molecule has 0 bridgehead atoms. The second-order valence-electron chi connectivity index (χ2n) is 10.7. The Bertz CT molecular complexity index is 1040. The summed E-state index contributed by atoms with van der Waals surface area (Å²) in [4.78, 5) is 32.5. The number of aromatic nitrogens is 1. The van der Waals surface area contributed by atoms with E-state index in [-0.39, 0.29) is 23.8 Å². The molecule has 35 heavy (non-hydrogen) atoms. The van der Waals surface area contributed by atoms with Crippen LogP contribution in [0.5, 0.6) is 0 Å². The normalized spacial score (nSPS) is 20.6. The summed E-state index contributed by atoms with van der Waals surface area (Å²) >= 11 is 6.03. The summed E-state index contributed by atoms with van der Waals surface area (Å²) in [6.45, 7) is 12.5. The average molecular weight is 501 g/mol. The third kappa shape index (κ3) is 5.96. The molecule has 1 aromatic carbocycles. The summed E-state index contributed by atoms with van der Waals surface area (Å²) in [5, 5.41) is 18.3. The van der Waals surface area contributed by atoms with Crippen LogP contribution in [0.1, 0.15) is 63.9 Å². The topological polar surface area (TPSA) is 94.6 Å². The Morgan fingerprint density at radius 1 is 1.09 bits per heavy atom. The Labute approximate surface area is 213 Å². The molecule has 8 heteroatoms. The van der Waals surface area contributed by atoms with E-state index in [0.29, 0.717) is 35.9 Å². The van der Waals surface area contributed by atoms with Crippen LogP contribution in [0.4, 0.5) is 5.82 Å². The fraction of sp³-hybridized carbons (Fsp3) is 0.519. The van der Waals surface area contributed by atoms with E-state index in [1.165, 1.54) is 6.20 Å². The van der Waals surface area contributed by atoms with Crippen LogP contribution >= 0.6 is 11.6 Å². The maximum Gasteiger partial charge on any atom is 0.253 e. The number of hydrogen-bond donors (Lipinski definition) is 3. The Morgan fingerprint density at radius 2 is 1.74 bits per heavy atom. The number of hydrogen-bond acceptors (Lipinski definition) is 5. The minimum absolute atomic E-state index is 0.110. The molecule has 0 aliphatic carbocycles. The number of benzene rings is 1. The van der Waals surface area contributed by atoms with Gasteiger partial charge in [0.1, 0.15) is 11.9 Å². The second-order valence-corrected chi connectivity index (χ2v) is 11.1. The number of nitrogens with zero attached hydrogens (tertiary/aromatic N) is 2. The van der Waals surface area contributed by atoms with E-state index in [0.717, 1.165) is 5.56 Å². The number of halogens is 1. The molecule has 0 unspecified atom stereocenters. The number of aliphatic hydroxyl groups is 1. The molecular formula is C27H37ClN4O3. The standard InChI is InChI=1S/C27H37ClN4O3/c1-17(2)23(31-24(33)19-7-12-22(29-15-19)30-18(3)4)25(34)32-14-13-27(35,26(5,6)16-32)20-8-10-21(28)11-9-20/h7-12,15,17-18,23,35H,13-14,16H2,1-6H3,(H,29,30)(H,31,33)/t23-,27+/m1/s1. The van der Waals surface area contributed by atoms with E-state index in [2.05, 4.69) is 15.6 Å². The van der Waals surface area contributed by atoms with E-state index in [9.17, 15) is 14.7 Å². The average Bonchev–Trinajstić information content (AvgIpc) is 2.79. The fourth-order valence-corrected chi connectivity index (χ4v) is 4.74. The van der Waals surface area contributed by atoms with Crippen LogP contribution in [-0.4, -0.2) is 52.0 Å². The number of rotatable bonds is 7. The number of anilines is 1. The van der Waals surface area contributed by atoms with Crippen molar-refractivity contribution in [2.75, 3.05) is 18.4 Å². The Morgan fingerprint density at radius 3 is 2.26 bits per heavy atom. The van der Waals surface area contributed by atoms with Crippen LogP contribution in [0.3, 0.4) is 0 Å². The largest absolute Gasteiger partial charge is 0.384 e. The van der Waals surface area contributed by atoms with Crippen LogP contribution in [0.2, 0.25) is 5.02 Å². The zero-order chi connectivity index (χ0) is 26.0. The fourth-order valence-electron chi connectivity index (χ4n) is 4.62. The maximum absolute atomic E-state index is 13.5. The van der Waals surface area contributed by atoms with Gasteiger partial charge in [0.15, 0.2) is 0 Å². The maximum atomic E-state index is 13.5. The van der Waals surface area contributed by atoms with Crippen molar-refractivity contribution in [2.45, 2.75) is 65.6 Å². The predicted octanol–water partition coefficient (Wildman–Crippen LogP) is 4.46. The van der Waals surface area contributed by atoms with Crippen LogP contribution in [-0.2, 0) is 10.4 Å². The molecule has 1 aromatic heterocycles. The molecule has 3 rings (SSSR count). The van der Waals surface area contributed by atoms with E-state index in [1.54, 1.807) is 29.2 Å². The molecule has 3 N–H and O–H groups in total. The van der Waals surface area contributed by atoms with Gasteiger partial charge in [-0.1, -0.05) is 51.4 Å². The molecule has 2 aromatic rings. The van der Waals surface area contributed by atoms with Crippen molar-refractivity contribution in [1.29, 1.82) is 0 Å². The zero-order valence-corrected chi connectivity index (χ0v) is 22.2. The lowest BCUT2D eigenvalue weighted by Gasteiger charge is -2.51. The van der Waals surface area contributed by atoms with Crippen molar-refractivity contribution < 1.29 is 14.7 Å². The van der Waals surface area contributed by atoms with Gasteiger partial charge in [-0.15, -0.1) is 0 Å². The number of pyridine rings is 1. The molecule has 1 saturated heterocycles. The quantitative estimate of drug-likeness (QED) is 0.522. The number of nitrogens with one attached hydrogen (secondary N) is 2. The van der Waals surface area contributed by atoms with Gasteiger partial charge in [0.05, 0.1) is 11.2 Å². The molecule has 0 saturated carbocycles. The first-order valence-electron chi connectivity index (χ1n) is 12.1. The molecule has 2 atom stereocenters. The van der Waals surface area contributed by atoms with Crippen LogP contribution in [0.15, 0.2) is 42.6 Å². The highest BCUT2D eigenvalue weighted by atomic mass is 35.5. The summed E-state index contributed by atoms with van der Waals surface area (Å²) in [5.74, 6) is 0.0958. The van der Waals surface area contributed by atoms with Gasteiger partial charge in [-0.25, -0.2) is 4.98 Å². The summed E-state index contributed by atoms with van der Waals surface area (Å²) < 4.78 is 0. The van der Waals surface area contributed by atoms with Gasteiger partial charge in [0, 0.05) is 35.8 Å². The molecule has 1 fully saturated rings. The predicted molar refractivity (Wildman–Crippen MR) is 139 cm³/mol. The SMILES string of the molecule is CC(C)Nc1ccc(C(=O)N[C@@H](C(=O)N2CC[C@](O)(c3ccc(Cl)cc3)C(C)(C)C2)C(C)C)cn1. The summed E-state index contributed by atoms with van der Waals surface area (Å²) in [6, 6.07) is 10.2. The molecule has 190 valence electrons. The first-order valence-corrected chi connectivity index (χ1v) is 12.5. The summed E-state index contributed by atoms with van der Waals surface area (Å²) in [6.07, 6.45) is 1.90. The third-order valence-electron chi connectivity index (χ3n) is 6.76. The minimum Gasteiger partial charge on any atom is -0.384 e. The third-order valence-corrected chi connectivity index (χ3v) is 7.02. The lowest BCUT2D eigenvalue weighted by atomic mass is 9.66. The van der Waals surface area contributed by atoms with Gasteiger partial charge in [0.25, 0.3) is 5.91 Å². The molecule has 0 radical (unpaired) electrons. The van der Waals surface area contributed by atoms with E-state index >= 15 is 0 Å². The molecule has 0 spiro atoms. The second kappa shape index (κ2) is 10.5. The lowest BCUT2D eigenvalue weighted by Crippen LogP contribution is -2.60. The van der Waals surface area contributed by atoms with E-state index in [4.69, 9.17) is 11.6 Å². The monoisotopic (exact) mass is 500 g/mol. The Kier molecular flexibility index (Phi) is 8.12. The van der Waals surface area contributed by atoms with Crippen LogP contribution < -0.4 is 10.6 Å². The number of piperidine rings is 1. The number of carbonyl (C=O) groups is 2. The number of likely N-dealkylation sites (tertiary alicyclic amines) is 1. The Hall–Kier alpha value is -2.64. The summed E-state index contributed by atoms with van der Waals surface area (Å²) in [7, 11) is 0. The van der Waals surface area contributed by atoms with Crippen LogP contribution in [0.25, 0.3) is 0 Å². The first-order chi connectivity index (χ1) is 16.3. The van der Waals surface area contributed by atoms with Gasteiger partial charge in [0.2, 0.25) is 5.91 Å². The summed E-state index contributed by atoms with van der Waals surface area (Å²) in [5.41, 5.74) is -0.518. The molecule has 2 amide bonds. The van der Waals surface area contributed by atoms with Gasteiger partial charge < -0.3 is 20.6 Å². The molecule has 7 nitrogen and oxygen atoms in total. The molecule has 1 aliphatic rings. The van der Waals surface area contributed by atoms with Crippen molar-refractivity contribution >= 4 is 29.2 Å². The van der Waals surface area contributed by atoms with Gasteiger partial charge >= 0.3 is 0 Å². The van der Waals surface area contributed by atoms with E-state index < -0.39 is 17.1 Å². The highest BCUT2D eigenvalue weighted by molar-refractivity contribution is 6.30. The molecule has 1 aliphatic heterocycles. The van der Waals surface area contributed by atoms with E-state index in [1.807, 2.05) is 53.7 Å². The Balaban J connectivity index is 1.72. The van der Waals surface area contributed by atoms with Crippen molar-refractivity contribution in [3.05, 3.63) is 58.7 Å². The van der Waals surface area contributed by atoms with Crippen molar-refractivity contribution in [1.82, 2.24) is 15.2 Å². The van der Waals surface area contributed by atoms with Crippen LogP contribution in [0, 0.1) is 11.3 Å². The number of carbonyl (C=O) groups excluding carboxylic acids is 2. The highest BCUT2D eigenvalue weighted by Gasteiger charge is 2.50. The zero-order valence-electron chi connectivity index (χ0n) is 21.4. The smallest absolute Gasteiger partial charge is 0.253 e. The van der Waals surface area contributed by atoms with Gasteiger partial charge in [-0.3, -0.25) is 9.59 Å². The van der Waals surface area contributed by atoms with Gasteiger partial charge in [-0.05, 0) is 56.0 Å². The molecule has 2 heterocycles. The van der Waals surface area contributed by atoms with Crippen molar-refractivity contribution in [3.8, 4) is 0 Å². The van der Waals surface area contributed by atoms with Gasteiger partial charge in [-0.2, -0.15) is 0 Å². The molecular weight excluding hydrogens is 464 g/mol.